The van der Waals surface area contributed by atoms with Gasteiger partial charge in [0.05, 0.1) is 6.61 Å². The van der Waals surface area contributed by atoms with Gasteiger partial charge in [0.2, 0.25) is 5.91 Å². The topological polar surface area (TPSA) is 75.6 Å². The van der Waals surface area contributed by atoms with Gasteiger partial charge in [-0.1, -0.05) is 44.2 Å². The van der Waals surface area contributed by atoms with E-state index < -0.39 is 17.4 Å². The second-order valence-electron chi connectivity index (χ2n) is 5.37. The monoisotopic (exact) mass is 279 g/mol. The Balaban J connectivity index is 2.71. The first kappa shape index (κ1) is 16.2. The highest BCUT2D eigenvalue weighted by atomic mass is 16.5. The number of carbonyl (C=O) groups is 2. The standard InChI is InChI=1S/C15H21NO4/c1-15(2,9-11-7-5-4-6-8-11)14(19)16-12(10-20-3)13(17)18/h4-8,12H,9-10H2,1-3H3,(H,16,19)(H,17,18). The molecule has 5 nitrogen and oxygen atoms in total. The van der Waals surface area contributed by atoms with E-state index in [0.717, 1.165) is 5.56 Å². The molecule has 0 fully saturated rings. The van der Waals surface area contributed by atoms with Crippen LogP contribution >= 0.6 is 0 Å². The molecule has 1 amide bonds. The molecular formula is C15H21NO4. The van der Waals surface area contributed by atoms with Crippen molar-refractivity contribution in [2.75, 3.05) is 13.7 Å². The molecule has 0 aromatic heterocycles. The van der Waals surface area contributed by atoms with Crippen molar-refractivity contribution in [1.29, 1.82) is 0 Å². The molecule has 0 radical (unpaired) electrons. The number of amides is 1. The molecule has 1 aromatic carbocycles. The molecule has 0 saturated carbocycles. The predicted molar refractivity (Wildman–Crippen MR) is 75.4 cm³/mol. The van der Waals surface area contributed by atoms with Crippen molar-refractivity contribution >= 4 is 11.9 Å². The van der Waals surface area contributed by atoms with Gasteiger partial charge in [-0.2, -0.15) is 0 Å². The Morgan fingerprint density at radius 3 is 2.40 bits per heavy atom. The van der Waals surface area contributed by atoms with E-state index in [4.69, 9.17) is 9.84 Å². The van der Waals surface area contributed by atoms with Gasteiger partial charge in [-0.3, -0.25) is 4.79 Å². The summed E-state index contributed by atoms with van der Waals surface area (Å²) in [7, 11) is 1.40. The third-order valence-electron chi connectivity index (χ3n) is 3.04. The number of carboxylic acids is 1. The molecule has 1 unspecified atom stereocenters. The van der Waals surface area contributed by atoms with Crippen LogP contribution in [0.15, 0.2) is 30.3 Å². The van der Waals surface area contributed by atoms with E-state index in [2.05, 4.69) is 5.32 Å². The fourth-order valence-corrected chi connectivity index (χ4v) is 1.88. The fraction of sp³-hybridized carbons (Fsp3) is 0.467. The minimum Gasteiger partial charge on any atom is -0.480 e. The SMILES string of the molecule is COCC(NC(=O)C(C)(C)Cc1ccccc1)C(=O)O. The molecule has 1 rings (SSSR count). The van der Waals surface area contributed by atoms with Crippen molar-refractivity contribution in [3.05, 3.63) is 35.9 Å². The van der Waals surface area contributed by atoms with Crippen LogP contribution in [0.4, 0.5) is 0 Å². The number of hydrogen-bond donors (Lipinski definition) is 2. The van der Waals surface area contributed by atoms with E-state index in [1.165, 1.54) is 7.11 Å². The van der Waals surface area contributed by atoms with Crippen molar-refractivity contribution in [3.8, 4) is 0 Å². The lowest BCUT2D eigenvalue weighted by atomic mass is 9.84. The fourth-order valence-electron chi connectivity index (χ4n) is 1.88. The Labute approximate surface area is 118 Å². The van der Waals surface area contributed by atoms with Crippen molar-refractivity contribution in [1.82, 2.24) is 5.32 Å². The van der Waals surface area contributed by atoms with Crippen LogP contribution in [0.3, 0.4) is 0 Å². The quantitative estimate of drug-likeness (QED) is 0.792. The Kier molecular flexibility index (Phi) is 5.70. The number of rotatable bonds is 7. The third-order valence-corrected chi connectivity index (χ3v) is 3.04. The number of nitrogens with one attached hydrogen (secondary N) is 1. The number of carbonyl (C=O) groups excluding carboxylic acids is 1. The molecule has 0 aliphatic heterocycles. The van der Waals surface area contributed by atoms with Crippen LogP contribution in [-0.2, 0) is 20.7 Å². The van der Waals surface area contributed by atoms with Gasteiger partial charge in [0.25, 0.3) is 0 Å². The van der Waals surface area contributed by atoms with Gasteiger partial charge in [0.15, 0.2) is 6.04 Å². The first-order valence-corrected chi connectivity index (χ1v) is 6.43. The summed E-state index contributed by atoms with van der Waals surface area (Å²) in [6.07, 6.45) is 0.541. The van der Waals surface area contributed by atoms with Crippen LogP contribution in [0.5, 0.6) is 0 Å². The normalized spacial score (nSPS) is 12.8. The molecule has 0 aliphatic rings. The number of ether oxygens (including phenoxy) is 1. The lowest BCUT2D eigenvalue weighted by molar-refractivity contribution is -0.145. The zero-order valence-corrected chi connectivity index (χ0v) is 12.1. The molecule has 1 atom stereocenters. The smallest absolute Gasteiger partial charge is 0.328 e. The summed E-state index contributed by atoms with van der Waals surface area (Å²) in [5.74, 6) is -1.40. The predicted octanol–water partition coefficient (Wildman–Crippen LogP) is 1.47. The minimum atomic E-state index is -1.10. The molecule has 5 heteroatoms. The van der Waals surface area contributed by atoms with Crippen LogP contribution in [0.25, 0.3) is 0 Å². The van der Waals surface area contributed by atoms with Gasteiger partial charge in [-0.05, 0) is 12.0 Å². The first-order chi connectivity index (χ1) is 9.36. The summed E-state index contributed by atoms with van der Waals surface area (Å²) >= 11 is 0. The number of hydrogen-bond acceptors (Lipinski definition) is 3. The highest BCUT2D eigenvalue weighted by Gasteiger charge is 2.31. The van der Waals surface area contributed by atoms with Gasteiger partial charge in [0, 0.05) is 12.5 Å². The van der Waals surface area contributed by atoms with Crippen LogP contribution in [0, 0.1) is 5.41 Å². The maximum absolute atomic E-state index is 12.2. The third kappa shape index (κ3) is 4.66. The van der Waals surface area contributed by atoms with Gasteiger partial charge in [-0.15, -0.1) is 0 Å². The van der Waals surface area contributed by atoms with Crippen molar-refractivity contribution in [3.63, 3.8) is 0 Å². The van der Waals surface area contributed by atoms with Crippen LogP contribution < -0.4 is 5.32 Å². The average molecular weight is 279 g/mol. The molecule has 110 valence electrons. The van der Waals surface area contributed by atoms with Gasteiger partial charge in [0.1, 0.15) is 0 Å². The number of methoxy groups -OCH3 is 1. The maximum Gasteiger partial charge on any atom is 0.328 e. The van der Waals surface area contributed by atoms with Crippen LogP contribution in [0.1, 0.15) is 19.4 Å². The lowest BCUT2D eigenvalue weighted by Crippen LogP contribution is -2.49. The second kappa shape index (κ2) is 7.05. The van der Waals surface area contributed by atoms with Gasteiger partial charge in [-0.25, -0.2) is 4.79 Å². The van der Waals surface area contributed by atoms with E-state index in [9.17, 15) is 9.59 Å². The Hall–Kier alpha value is -1.88. The summed E-state index contributed by atoms with van der Waals surface area (Å²) < 4.78 is 4.80. The molecule has 0 spiro atoms. The van der Waals surface area contributed by atoms with Crippen molar-refractivity contribution < 1.29 is 19.4 Å². The second-order valence-corrected chi connectivity index (χ2v) is 5.37. The van der Waals surface area contributed by atoms with E-state index in [-0.39, 0.29) is 12.5 Å². The zero-order chi connectivity index (χ0) is 15.2. The van der Waals surface area contributed by atoms with Crippen LogP contribution in [0.2, 0.25) is 0 Å². The number of carboxylic acid groups (broad SMARTS) is 1. The summed E-state index contributed by atoms with van der Waals surface area (Å²) in [4.78, 5) is 23.2. The molecule has 0 aliphatic carbocycles. The van der Waals surface area contributed by atoms with E-state index >= 15 is 0 Å². The van der Waals surface area contributed by atoms with Crippen LogP contribution in [-0.4, -0.2) is 36.7 Å². The summed E-state index contributed by atoms with van der Waals surface area (Å²) in [5, 5.41) is 11.5. The molecule has 0 heterocycles. The molecule has 20 heavy (non-hydrogen) atoms. The molecule has 0 bridgehead atoms. The molecule has 2 N–H and O–H groups in total. The minimum absolute atomic E-state index is 0.0531. The van der Waals surface area contributed by atoms with Crippen molar-refractivity contribution in [2.24, 2.45) is 5.41 Å². The van der Waals surface area contributed by atoms with Crippen molar-refractivity contribution in [2.45, 2.75) is 26.3 Å². The van der Waals surface area contributed by atoms with E-state index in [1.807, 2.05) is 30.3 Å². The highest BCUT2D eigenvalue weighted by molar-refractivity contribution is 5.87. The number of aliphatic carboxylic acids is 1. The molecule has 0 saturated heterocycles. The average Bonchev–Trinajstić information content (AvgIpc) is 2.38. The van der Waals surface area contributed by atoms with E-state index in [1.54, 1.807) is 13.8 Å². The largest absolute Gasteiger partial charge is 0.480 e. The summed E-state index contributed by atoms with van der Waals surface area (Å²) in [5.41, 5.74) is 0.342. The summed E-state index contributed by atoms with van der Waals surface area (Å²) in [6, 6.07) is 8.60. The zero-order valence-electron chi connectivity index (χ0n) is 12.1. The lowest BCUT2D eigenvalue weighted by Gasteiger charge is -2.25. The van der Waals surface area contributed by atoms with Gasteiger partial charge < -0.3 is 15.2 Å². The molecule has 1 aromatic rings. The maximum atomic E-state index is 12.2. The van der Waals surface area contributed by atoms with E-state index in [0.29, 0.717) is 6.42 Å². The molecular weight excluding hydrogens is 258 g/mol. The van der Waals surface area contributed by atoms with Gasteiger partial charge >= 0.3 is 5.97 Å². The Morgan fingerprint density at radius 1 is 1.30 bits per heavy atom. The first-order valence-electron chi connectivity index (χ1n) is 6.43. The Morgan fingerprint density at radius 2 is 1.90 bits per heavy atom. The summed E-state index contributed by atoms with van der Waals surface area (Å²) in [6.45, 7) is 3.53. The highest BCUT2D eigenvalue weighted by Crippen LogP contribution is 2.22. The Bertz CT molecular complexity index is 456. The number of benzene rings is 1.